The highest BCUT2D eigenvalue weighted by atomic mass is 35.5. The smallest absolute Gasteiger partial charge is 0.289 e. The number of nitro groups is 2. The number of carbonyl (C=O) groups excluding carboxylic acids is 1. The van der Waals surface area contributed by atoms with Gasteiger partial charge in [0.25, 0.3) is 17.3 Å². The first-order valence-electron chi connectivity index (χ1n) is 6.48. The molecule has 124 valence electrons. The summed E-state index contributed by atoms with van der Waals surface area (Å²) < 4.78 is 5.16. The molecule has 0 spiro atoms. The molecule has 1 N–H and O–H groups in total. The SMILES string of the molecule is O=C(COc1cccc([N+](=O)[O-])c1)Nc1ccc(Cl)c([N+](=O)[O-])c1. The molecule has 0 saturated heterocycles. The second-order valence-corrected chi connectivity index (χ2v) is 4.92. The van der Waals surface area contributed by atoms with Gasteiger partial charge in [-0.15, -0.1) is 0 Å². The van der Waals surface area contributed by atoms with E-state index in [1.54, 1.807) is 0 Å². The lowest BCUT2D eigenvalue weighted by Gasteiger charge is -2.07. The number of anilines is 1. The average molecular weight is 352 g/mol. The van der Waals surface area contributed by atoms with Crippen molar-refractivity contribution in [3.63, 3.8) is 0 Å². The molecule has 1 amide bonds. The van der Waals surface area contributed by atoms with Crippen LogP contribution in [0.15, 0.2) is 42.5 Å². The van der Waals surface area contributed by atoms with Crippen LogP contribution in [0.1, 0.15) is 0 Å². The zero-order chi connectivity index (χ0) is 17.7. The highest BCUT2D eigenvalue weighted by Crippen LogP contribution is 2.27. The summed E-state index contributed by atoms with van der Waals surface area (Å²) in [5.41, 5.74) is -0.325. The minimum Gasteiger partial charge on any atom is -0.484 e. The van der Waals surface area contributed by atoms with Crippen molar-refractivity contribution in [2.24, 2.45) is 0 Å². The van der Waals surface area contributed by atoms with E-state index in [1.165, 1.54) is 36.4 Å². The maximum Gasteiger partial charge on any atom is 0.289 e. The van der Waals surface area contributed by atoms with Gasteiger partial charge >= 0.3 is 0 Å². The van der Waals surface area contributed by atoms with Gasteiger partial charge in [-0.1, -0.05) is 17.7 Å². The van der Waals surface area contributed by atoms with E-state index in [0.717, 1.165) is 6.07 Å². The average Bonchev–Trinajstić information content (AvgIpc) is 2.54. The third kappa shape index (κ3) is 4.40. The molecule has 0 aliphatic heterocycles. The van der Waals surface area contributed by atoms with Crippen LogP contribution in [-0.4, -0.2) is 22.4 Å². The summed E-state index contributed by atoms with van der Waals surface area (Å²) in [6.07, 6.45) is 0. The molecule has 0 bridgehead atoms. The van der Waals surface area contributed by atoms with E-state index in [0.29, 0.717) is 0 Å². The molecule has 24 heavy (non-hydrogen) atoms. The third-order valence-electron chi connectivity index (χ3n) is 2.82. The van der Waals surface area contributed by atoms with Crippen molar-refractivity contribution < 1.29 is 19.4 Å². The van der Waals surface area contributed by atoms with Crippen LogP contribution in [0.5, 0.6) is 5.75 Å². The van der Waals surface area contributed by atoms with E-state index in [1.807, 2.05) is 0 Å². The number of hydrogen-bond donors (Lipinski definition) is 1. The van der Waals surface area contributed by atoms with Gasteiger partial charge in [0.15, 0.2) is 6.61 Å². The van der Waals surface area contributed by atoms with Gasteiger partial charge in [-0.25, -0.2) is 0 Å². The highest BCUT2D eigenvalue weighted by molar-refractivity contribution is 6.32. The molecule has 0 atom stereocenters. The van der Waals surface area contributed by atoms with Gasteiger partial charge < -0.3 is 10.1 Å². The largest absolute Gasteiger partial charge is 0.484 e. The van der Waals surface area contributed by atoms with Crippen molar-refractivity contribution in [1.29, 1.82) is 0 Å². The number of nitrogens with one attached hydrogen (secondary N) is 1. The first-order valence-corrected chi connectivity index (χ1v) is 6.85. The first-order chi connectivity index (χ1) is 11.4. The van der Waals surface area contributed by atoms with Crippen molar-refractivity contribution in [2.75, 3.05) is 11.9 Å². The minimum atomic E-state index is -0.669. The fourth-order valence-corrected chi connectivity index (χ4v) is 1.95. The lowest BCUT2D eigenvalue weighted by molar-refractivity contribution is -0.385. The maximum atomic E-state index is 11.8. The Morgan fingerprint density at radius 3 is 2.54 bits per heavy atom. The predicted octanol–water partition coefficient (Wildman–Crippen LogP) is 3.17. The molecule has 0 radical (unpaired) electrons. The van der Waals surface area contributed by atoms with Crippen LogP contribution in [0.3, 0.4) is 0 Å². The molecular weight excluding hydrogens is 342 g/mol. The lowest BCUT2D eigenvalue weighted by Crippen LogP contribution is -2.20. The molecule has 0 aliphatic rings. The Labute approximate surface area is 140 Å². The summed E-state index contributed by atoms with van der Waals surface area (Å²) in [5.74, 6) is -0.431. The van der Waals surface area contributed by atoms with Crippen LogP contribution in [0.4, 0.5) is 17.1 Å². The molecule has 0 unspecified atom stereocenters. The van der Waals surface area contributed by atoms with E-state index in [2.05, 4.69) is 5.32 Å². The third-order valence-corrected chi connectivity index (χ3v) is 3.14. The van der Waals surface area contributed by atoms with E-state index in [-0.39, 0.29) is 27.8 Å². The minimum absolute atomic E-state index is 0.0501. The molecule has 9 nitrogen and oxygen atoms in total. The summed E-state index contributed by atoms with van der Waals surface area (Å²) in [7, 11) is 0. The zero-order valence-corrected chi connectivity index (χ0v) is 12.7. The summed E-state index contributed by atoms with van der Waals surface area (Å²) in [4.78, 5) is 32.0. The second-order valence-electron chi connectivity index (χ2n) is 4.51. The van der Waals surface area contributed by atoms with Gasteiger partial charge in [0.05, 0.1) is 15.9 Å². The molecule has 2 rings (SSSR count). The van der Waals surface area contributed by atoms with Crippen LogP contribution >= 0.6 is 11.6 Å². The van der Waals surface area contributed by atoms with Gasteiger partial charge in [-0.05, 0) is 18.2 Å². The van der Waals surface area contributed by atoms with Crippen LogP contribution in [0.2, 0.25) is 5.02 Å². The molecule has 0 saturated carbocycles. The number of nitrogens with zero attached hydrogens (tertiary/aromatic N) is 2. The predicted molar refractivity (Wildman–Crippen MR) is 85.3 cm³/mol. The summed E-state index contributed by atoms with van der Waals surface area (Å²) in [6.45, 7) is -0.419. The van der Waals surface area contributed by atoms with Gasteiger partial charge in [0.1, 0.15) is 10.8 Å². The van der Waals surface area contributed by atoms with E-state index in [4.69, 9.17) is 16.3 Å². The fourth-order valence-electron chi connectivity index (χ4n) is 1.76. The molecule has 10 heteroatoms. The maximum absolute atomic E-state index is 11.8. The fraction of sp³-hybridized carbons (Fsp3) is 0.0714. The molecule has 0 aromatic heterocycles. The van der Waals surface area contributed by atoms with Crippen LogP contribution in [-0.2, 0) is 4.79 Å². The molecule has 0 heterocycles. The van der Waals surface area contributed by atoms with E-state index >= 15 is 0 Å². The number of hydrogen-bond acceptors (Lipinski definition) is 6. The van der Waals surface area contributed by atoms with E-state index < -0.39 is 22.4 Å². The zero-order valence-electron chi connectivity index (χ0n) is 12.0. The number of rotatable bonds is 6. The normalized spacial score (nSPS) is 10.0. The van der Waals surface area contributed by atoms with Crippen LogP contribution in [0.25, 0.3) is 0 Å². The Morgan fingerprint density at radius 1 is 1.12 bits per heavy atom. The number of nitro benzene ring substituents is 2. The number of non-ortho nitro benzene ring substituents is 1. The van der Waals surface area contributed by atoms with Crippen molar-refractivity contribution in [3.8, 4) is 5.75 Å². The van der Waals surface area contributed by atoms with E-state index in [9.17, 15) is 25.0 Å². The number of halogens is 1. The monoisotopic (exact) mass is 351 g/mol. The van der Waals surface area contributed by atoms with Crippen molar-refractivity contribution >= 4 is 34.6 Å². The quantitative estimate of drug-likeness (QED) is 0.629. The van der Waals surface area contributed by atoms with Crippen molar-refractivity contribution in [3.05, 3.63) is 67.7 Å². The first kappa shape index (κ1) is 17.2. The molecule has 2 aromatic carbocycles. The van der Waals surface area contributed by atoms with Gasteiger partial charge in [-0.3, -0.25) is 25.0 Å². The molecule has 2 aromatic rings. The topological polar surface area (TPSA) is 125 Å². The summed E-state index contributed by atoms with van der Waals surface area (Å²) >= 11 is 5.68. The van der Waals surface area contributed by atoms with Crippen molar-refractivity contribution in [1.82, 2.24) is 0 Å². The van der Waals surface area contributed by atoms with Crippen LogP contribution in [0, 0.1) is 20.2 Å². The summed E-state index contributed by atoms with van der Waals surface area (Å²) in [6, 6.07) is 9.17. The second kappa shape index (κ2) is 7.38. The Balaban J connectivity index is 1.99. The molecule has 0 aliphatic carbocycles. The standard InChI is InChI=1S/C14H10ClN3O6/c15-12-5-4-9(6-13(12)18(22)23)16-14(19)8-24-11-3-1-2-10(7-11)17(20)21/h1-7H,8H2,(H,16,19). The number of amides is 1. The lowest BCUT2D eigenvalue weighted by atomic mass is 10.3. The number of benzene rings is 2. The Hall–Kier alpha value is -3.20. The highest BCUT2D eigenvalue weighted by Gasteiger charge is 2.14. The van der Waals surface area contributed by atoms with Gasteiger partial charge in [0, 0.05) is 17.8 Å². The van der Waals surface area contributed by atoms with Gasteiger partial charge in [-0.2, -0.15) is 0 Å². The molecule has 0 fully saturated rings. The van der Waals surface area contributed by atoms with Gasteiger partial charge in [0.2, 0.25) is 0 Å². The number of ether oxygens (including phenoxy) is 1. The Bertz CT molecular complexity index is 811. The van der Waals surface area contributed by atoms with Crippen LogP contribution < -0.4 is 10.1 Å². The van der Waals surface area contributed by atoms with Crippen molar-refractivity contribution in [2.45, 2.75) is 0 Å². The summed E-state index contributed by atoms with van der Waals surface area (Å²) in [5, 5.41) is 23.8. The molecular formula is C14H10ClN3O6. The Kier molecular flexibility index (Phi) is 5.27. The number of carbonyl (C=O) groups is 1. The Morgan fingerprint density at radius 2 is 1.88 bits per heavy atom.